The lowest BCUT2D eigenvalue weighted by Crippen LogP contribution is -2.24. The zero-order chi connectivity index (χ0) is 9.31. The van der Waals surface area contributed by atoms with Crippen LogP contribution in [-0.4, -0.2) is 12.8 Å². The molecule has 1 aromatic rings. The zero-order valence-corrected chi connectivity index (χ0v) is 7.32. The molecule has 1 fully saturated rings. The lowest BCUT2D eigenvalue weighted by Gasteiger charge is -2.19. The fourth-order valence-electron chi connectivity index (χ4n) is 1.37. The molecule has 0 unspecified atom stereocenters. The lowest BCUT2D eigenvalue weighted by atomic mass is 9.97. The first-order chi connectivity index (χ1) is 6.21. The number of carbonyl (C=O) groups is 1. The number of hydrogen-bond donors (Lipinski definition) is 0. The van der Waals surface area contributed by atoms with E-state index in [0.717, 1.165) is 5.56 Å². The van der Waals surface area contributed by atoms with E-state index in [1.807, 2.05) is 37.3 Å². The van der Waals surface area contributed by atoms with Gasteiger partial charge in [0, 0.05) is 0 Å². The molecule has 1 aliphatic rings. The van der Waals surface area contributed by atoms with Gasteiger partial charge in [-0.25, -0.2) is 4.79 Å². The third kappa shape index (κ3) is 1.37. The number of hydrogen-bond acceptors (Lipinski definition) is 3. The van der Waals surface area contributed by atoms with Crippen LogP contribution < -0.4 is 0 Å². The van der Waals surface area contributed by atoms with Crippen molar-refractivity contribution in [1.82, 2.24) is 0 Å². The second-order valence-electron chi connectivity index (χ2n) is 3.24. The van der Waals surface area contributed by atoms with E-state index in [2.05, 4.69) is 0 Å². The summed E-state index contributed by atoms with van der Waals surface area (Å²) in [5.41, 5.74) is 0.346. The van der Waals surface area contributed by atoms with E-state index < -0.39 is 11.8 Å². The third-order valence-electron chi connectivity index (χ3n) is 2.16. The van der Waals surface area contributed by atoms with Crippen molar-refractivity contribution >= 4 is 6.16 Å². The molecule has 0 radical (unpaired) electrons. The predicted octanol–water partition coefficient (Wildman–Crippen LogP) is 2.07. The van der Waals surface area contributed by atoms with E-state index in [0.29, 0.717) is 0 Å². The van der Waals surface area contributed by atoms with Crippen molar-refractivity contribution in [3.05, 3.63) is 35.9 Å². The smallest absolute Gasteiger partial charge is 0.430 e. The summed E-state index contributed by atoms with van der Waals surface area (Å²) < 4.78 is 9.84. The van der Waals surface area contributed by atoms with E-state index in [1.54, 1.807) is 0 Å². The first-order valence-electron chi connectivity index (χ1n) is 4.12. The number of ether oxygens (including phenoxy) is 2. The van der Waals surface area contributed by atoms with Crippen molar-refractivity contribution in [3.8, 4) is 0 Å². The van der Waals surface area contributed by atoms with Crippen LogP contribution in [0.4, 0.5) is 4.79 Å². The van der Waals surface area contributed by atoms with E-state index in [9.17, 15) is 4.79 Å². The average molecular weight is 178 g/mol. The number of benzene rings is 1. The number of rotatable bonds is 1. The third-order valence-corrected chi connectivity index (χ3v) is 2.16. The fraction of sp³-hybridized carbons (Fsp3) is 0.300. The van der Waals surface area contributed by atoms with E-state index >= 15 is 0 Å². The summed E-state index contributed by atoms with van der Waals surface area (Å²) in [6, 6.07) is 9.58. The van der Waals surface area contributed by atoms with Crippen LogP contribution in [0.25, 0.3) is 0 Å². The molecule has 1 atom stereocenters. The van der Waals surface area contributed by atoms with Gasteiger partial charge in [-0.05, 0) is 12.5 Å². The van der Waals surface area contributed by atoms with Crippen molar-refractivity contribution in [1.29, 1.82) is 0 Å². The van der Waals surface area contributed by atoms with Crippen LogP contribution in [0, 0.1) is 0 Å². The van der Waals surface area contributed by atoms with Gasteiger partial charge in [0.25, 0.3) is 0 Å². The maximum absolute atomic E-state index is 10.8. The molecule has 1 heterocycles. The normalized spacial score (nSPS) is 26.7. The molecule has 1 saturated heterocycles. The molecule has 0 spiro atoms. The topological polar surface area (TPSA) is 35.5 Å². The van der Waals surface area contributed by atoms with Crippen molar-refractivity contribution in [2.45, 2.75) is 12.5 Å². The Kier molecular flexibility index (Phi) is 1.72. The Morgan fingerprint density at radius 1 is 1.31 bits per heavy atom. The first kappa shape index (κ1) is 8.10. The van der Waals surface area contributed by atoms with Crippen LogP contribution in [0.3, 0.4) is 0 Å². The SMILES string of the molecule is C[C@@]1(c2ccccc2)COC(=O)O1. The van der Waals surface area contributed by atoms with Crippen molar-refractivity contribution in [3.63, 3.8) is 0 Å². The molecule has 0 saturated carbocycles. The van der Waals surface area contributed by atoms with Crippen molar-refractivity contribution in [2.75, 3.05) is 6.61 Å². The average Bonchev–Trinajstić information content (AvgIpc) is 2.49. The summed E-state index contributed by atoms with van der Waals surface area (Å²) in [7, 11) is 0. The maximum atomic E-state index is 10.8. The van der Waals surface area contributed by atoms with Crippen LogP contribution in [0.1, 0.15) is 12.5 Å². The standard InChI is InChI=1S/C10H10O3/c1-10(7-12-9(11)13-10)8-5-3-2-4-6-8/h2-6H,7H2,1H3/t10-/m0/s1. The van der Waals surface area contributed by atoms with Gasteiger partial charge in [-0.15, -0.1) is 0 Å². The summed E-state index contributed by atoms with van der Waals surface area (Å²) in [5.74, 6) is 0. The maximum Gasteiger partial charge on any atom is 0.509 e. The Balaban J connectivity index is 2.31. The van der Waals surface area contributed by atoms with Gasteiger partial charge in [-0.2, -0.15) is 0 Å². The quantitative estimate of drug-likeness (QED) is 0.617. The monoisotopic (exact) mass is 178 g/mol. The summed E-state index contributed by atoms with van der Waals surface area (Å²) in [5, 5.41) is 0. The van der Waals surface area contributed by atoms with E-state index in [-0.39, 0.29) is 6.61 Å². The Labute approximate surface area is 76.3 Å². The second kappa shape index (κ2) is 2.76. The Bertz CT molecular complexity index is 320. The van der Waals surface area contributed by atoms with Gasteiger partial charge in [-0.3, -0.25) is 0 Å². The van der Waals surface area contributed by atoms with Crippen LogP contribution in [-0.2, 0) is 15.1 Å². The van der Waals surface area contributed by atoms with Gasteiger partial charge < -0.3 is 9.47 Å². The van der Waals surface area contributed by atoms with Crippen LogP contribution in [0.2, 0.25) is 0 Å². The summed E-state index contributed by atoms with van der Waals surface area (Å²) in [4.78, 5) is 10.8. The fourth-order valence-corrected chi connectivity index (χ4v) is 1.37. The highest BCUT2D eigenvalue weighted by molar-refractivity contribution is 5.63. The molecular formula is C10H10O3. The highest BCUT2D eigenvalue weighted by Gasteiger charge is 2.39. The minimum Gasteiger partial charge on any atom is -0.430 e. The van der Waals surface area contributed by atoms with Crippen molar-refractivity contribution < 1.29 is 14.3 Å². The van der Waals surface area contributed by atoms with Crippen molar-refractivity contribution in [2.24, 2.45) is 0 Å². The molecule has 0 amide bonds. The molecule has 0 aliphatic carbocycles. The van der Waals surface area contributed by atoms with E-state index in [1.165, 1.54) is 0 Å². The molecule has 1 aromatic carbocycles. The molecule has 13 heavy (non-hydrogen) atoms. The molecule has 0 aromatic heterocycles. The molecular weight excluding hydrogens is 168 g/mol. The predicted molar refractivity (Wildman–Crippen MR) is 46.2 cm³/mol. The first-order valence-corrected chi connectivity index (χ1v) is 4.12. The number of cyclic esters (lactones) is 2. The number of carbonyl (C=O) groups excluding carboxylic acids is 1. The molecule has 68 valence electrons. The van der Waals surface area contributed by atoms with Gasteiger partial charge in [0.05, 0.1) is 0 Å². The second-order valence-corrected chi connectivity index (χ2v) is 3.24. The van der Waals surface area contributed by atoms with E-state index in [4.69, 9.17) is 9.47 Å². The Morgan fingerprint density at radius 3 is 2.54 bits per heavy atom. The van der Waals surface area contributed by atoms with Gasteiger partial charge in [0.15, 0.2) is 5.60 Å². The van der Waals surface area contributed by atoms with Crippen LogP contribution in [0.5, 0.6) is 0 Å². The Morgan fingerprint density at radius 2 is 2.00 bits per heavy atom. The Hall–Kier alpha value is -1.51. The lowest BCUT2D eigenvalue weighted by molar-refractivity contribution is 0.0693. The molecule has 2 rings (SSSR count). The zero-order valence-electron chi connectivity index (χ0n) is 7.32. The highest BCUT2D eigenvalue weighted by Crippen LogP contribution is 2.30. The molecule has 0 bridgehead atoms. The summed E-state index contributed by atoms with van der Waals surface area (Å²) >= 11 is 0. The molecule has 3 nitrogen and oxygen atoms in total. The highest BCUT2D eigenvalue weighted by atomic mass is 16.8. The largest absolute Gasteiger partial charge is 0.509 e. The summed E-state index contributed by atoms with van der Waals surface area (Å²) in [6.07, 6.45) is -0.591. The van der Waals surface area contributed by atoms with Gasteiger partial charge in [0.1, 0.15) is 6.61 Å². The minimum atomic E-state index is -0.613. The van der Waals surface area contributed by atoms with Gasteiger partial charge in [-0.1, -0.05) is 30.3 Å². The van der Waals surface area contributed by atoms with Gasteiger partial charge >= 0.3 is 6.16 Å². The van der Waals surface area contributed by atoms with Gasteiger partial charge in [0.2, 0.25) is 0 Å². The molecule has 0 N–H and O–H groups in total. The van der Waals surface area contributed by atoms with Crippen LogP contribution in [0.15, 0.2) is 30.3 Å². The summed E-state index contributed by atoms with van der Waals surface area (Å²) in [6.45, 7) is 2.13. The van der Waals surface area contributed by atoms with Crippen LogP contribution >= 0.6 is 0 Å². The molecule has 3 heteroatoms. The molecule has 1 aliphatic heterocycles. The minimum absolute atomic E-state index is 0.288.